The van der Waals surface area contributed by atoms with Gasteiger partial charge in [0.1, 0.15) is 0 Å². The fraction of sp³-hybridized carbons (Fsp3) is 0.182. The van der Waals surface area contributed by atoms with Crippen molar-refractivity contribution in [1.82, 2.24) is 0 Å². The molecule has 3 nitrogen and oxygen atoms in total. The quantitative estimate of drug-likeness (QED) is 0.669. The van der Waals surface area contributed by atoms with Crippen molar-refractivity contribution in [1.29, 1.82) is 5.26 Å². The van der Waals surface area contributed by atoms with E-state index in [1.54, 1.807) is 24.3 Å². The van der Waals surface area contributed by atoms with Crippen molar-refractivity contribution >= 4 is 11.6 Å². The first kappa shape index (κ1) is 10.1. The first-order valence-corrected chi connectivity index (χ1v) is 4.16. The normalized spacial score (nSPS) is 9.14. The molecule has 0 fully saturated rings. The molecular weight excluding hydrogens is 178 g/mol. The maximum Gasteiger partial charge on any atom is 0.202 e. The van der Waals surface area contributed by atoms with E-state index < -0.39 is 11.6 Å². The van der Waals surface area contributed by atoms with E-state index in [1.165, 1.54) is 6.92 Å². The van der Waals surface area contributed by atoms with E-state index in [0.29, 0.717) is 5.56 Å². The summed E-state index contributed by atoms with van der Waals surface area (Å²) in [6, 6.07) is 8.59. The molecule has 14 heavy (non-hydrogen) atoms. The van der Waals surface area contributed by atoms with Crippen LogP contribution in [0.1, 0.15) is 18.1 Å². The lowest BCUT2D eigenvalue weighted by Gasteiger charge is -1.97. The van der Waals surface area contributed by atoms with Crippen molar-refractivity contribution in [2.24, 2.45) is 0 Å². The Labute approximate surface area is 82.0 Å². The van der Waals surface area contributed by atoms with Crippen LogP contribution in [0, 0.1) is 11.3 Å². The Hall–Kier alpha value is -1.95. The fourth-order valence-corrected chi connectivity index (χ4v) is 1.01. The van der Waals surface area contributed by atoms with Crippen molar-refractivity contribution in [3.8, 4) is 6.07 Å². The van der Waals surface area contributed by atoms with Gasteiger partial charge in [0.15, 0.2) is 5.78 Å². The van der Waals surface area contributed by atoms with E-state index >= 15 is 0 Å². The standard InChI is InChI=1S/C11H9NO2/c1-8(13)11(14)6-9-2-4-10(7-12)5-3-9/h2-5H,6H2,1H3. The Morgan fingerprint density at radius 1 is 1.29 bits per heavy atom. The molecule has 0 unspecified atom stereocenters. The van der Waals surface area contributed by atoms with E-state index in [2.05, 4.69) is 0 Å². The molecule has 0 aliphatic heterocycles. The van der Waals surface area contributed by atoms with E-state index in [-0.39, 0.29) is 6.42 Å². The van der Waals surface area contributed by atoms with Crippen molar-refractivity contribution in [3.05, 3.63) is 35.4 Å². The Bertz CT molecular complexity index is 398. The SMILES string of the molecule is CC(=O)C(=O)Cc1ccc(C#N)cc1. The van der Waals surface area contributed by atoms with Gasteiger partial charge in [0, 0.05) is 13.3 Å². The van der Waals surface area contributed by atoms with Crippen LogP contribution in [0.3, 0.4) is 0 Å². The van der Waals surface area contributed by atoms with E-state index in [4.69, 9.17) is 5.26 Å². The van der Waals surface area contributed by atoms with Gasteiger partial charge in [-0.1, -0.05) is 12.1 Å². The third-order valence-corrected chi connectivity index (χ3v) is 1.84. The maximum absolute atomic E-state index is 11.1. The second-order valence-corrected chi connectivity index (χ2v) is 2.96. The topological polar surface area (TPSA) is 57.9 Å². The average Bonchev–Trinajstić information content (AvgIpc) is 2.19. The van der Waals surface area contributed by atoms with Gasteiger partial charge in [-0.3, -0.25) is 9.59 Å². The Morgan fingerprint density at radius 2 is 1.86 bits per heavy atom. The van der Waals surface area contributed by atoms with E-state index in [1.807, 2.05) is 6.07 Å². The summed E-state index contributed by atoms with van der Waals surface area (Å²) in [7, 11) is 0. The third kappa shape index (κ3) is 2.53. The predicted octanol–water partition coefficient (Wildman–Crippen LogP) is 1.26. The number of nitrogens with zero attached hydrogens (tertiary/aromatic N) is 1. The number of hydrogen-bond donors (Lipinski definition) is 0. The minimum absolute atomic E-state index is 0.112. The Balaban J connectivity index is 2.75. The second-order valence-electron chi connectivity index (χ2n) is 2.96. The molecular formula is C11H9NO2. The smallest absolute Gasteiger partial charge is 0.202 e. The summed E-state index contributed by atoms with van der Waals surface area (Å²) < 4.78 is 0. The summed E-state index contributed by atoms with van der Waals surface area (Å²) in [6.07, 6.45) is 0.112. The predicted molar refractivity (Wildman–Crippen MR) is 50.5 cm³/mol. The number of carbonyl (C=O) groups is 2. The van der Waals surface area contributed by atoms with Crippen LogP contribution in [0.5, 0.6) is 0 Å². The number of carbonyl (C=O) groups excluding carboxylic acids is 2. The first-order valence-electron chi connectivity index (χ1n) is 4.16. The molecule has 1 aromatic carbocycles. The van der Waals surface area contributed by atoms with Crippen molar-refractivity contribution < 1.29 is 9.59 Å². The van der Waals surface area contributed by atoms with Crippen LogP contribution in [-0.4, -0.2) is 11.6 Å². The highest BCUT2D eigenvalue weighted by Crippen LogP contribution is 2.04. The molecule has 0 N–H and O–H groups in total. The third-order valence-electron chi connectivity index (χ3n) is 1.84. The number of Topliss-reactive ketones (excluding diaryl/α,β-unsaturated/α-hetero) is 2. The van der Waals surface area contributed by atoms with Gasteiger partial charge in [0.25, 0.3) is 0 Å². The summed E-state index contributed by atoms with van der Waals surface area (Å²) in [4.78, 5) is 21.7. The van der Waals surface area contributed by atoms with Crippen LogP contribution in [0.15, 0.2) is 24.3 Å². The van der Waals surface area contributed by atoms with Crippen molar-refractivity contribution in [2.45, 2.75) is 13.3 Å². The van der Waals surface area contributed by atoms with Gasteiger partial charge < -0.3 is 0 Å². The minimum atomic E-state index is -0.436. The maximum atomic E-state index is 11.1. The molecule has 0 atom stereocenters. The van der Waals surface area contributed by atoms with Gasteiger partial charge >= 0.3 is 0 Å². The lowest BCUT2D eigenvalue weighted by atomic mass is 10.1. The Morgan fingerprint density at radius 3 is 2.29 bits per heavy atom. The van der Waals surface area contributed by atoms with E-state index in [0.717, 1.165) is 5.56 Å². The monoisotopic (exact) mass is 187 g/mol. The number of nitriles is 1. The number of benzene rings is 1. The number of ketones is 2. The molecule has 3 heteroatoms. The zero-order chi connectivity index (χ0) is 10.6. The highest BCUT2D eigenvalue weighted by atomic mass is 16.2. The molecule has 70 valence electrons. The lowest BCUT2D eigenvalue weighted by molar-refractivity contribution is -0.134. The summed E-state index contributed by atoms with van der Waals surface area (Å²) in [5.41, 5.74) is 1.30. The molecule has 0 saturated heterocycles. The Kier molecular flexibility index (Phi) is 3.14. The van der Waals surface area contributed by atoms with Crippen molar-refractivity contribution in [2.75, 3.05) is 0 Å². The van der Waals surface area contributed by atoms with E-state index in [9.17, 15) is 9.59 Å². The second kappa shape index (κ2) is 4.33. The zero-order valence-electron chi connectivity index (χ0n) is 7.78. The molecule has 0 spiro atoms. The molecule has 0 radical (unpaired) electrons. The van der Waals surface area contributed by atoms with Gasteiger partial charge in [-0.05, 0) is 17.7 Å². The molecule has 0 aromatic heterocycles. The number of hydrogen-bond acceptors (Lipinski definition) is 3. The van der Waals surface area contributed by atoms with Crippen molar-refractivity contribution in [3.63, 3.8) is 0 Å². The average molecular weight is 187 g/mol. The molecule has 1 rings (SSSR count). The molecule has 0 aliphatic carbocycles. The van der Waals surface area contributed by atoms with Crippen LogP contribution in [-0.2, 0) is 16.0 Å². The first-order chi connectivity index (χ1) is 6.63. The summed E-state index contributed by atoms with van der Waals surface area (Å²) in [5.74, 6) is -0.843. The highest BCUT2D eigenvalue weighted by Gasteiger charge is 2.08. The van der Waals surface area contributed by atoms with Crippen LogP contribution in [0.2, 0.25) is 0 Å². The largest absolute Gasteiger partial charge is 0.291 e. The molecule has 0 heterocycles. The van der Waals surface area contributed by atoms with Crippen LogP contribution < -0.4 is 0 Å². The van der Waals surface area contributed by atoms with Gasteiger partial charge in [-0.2, -0.15) is 5.26 Å². The molecule has 0 aliphatic rings. The molecule has 0 bridgehead atoms. The minimum Gasteiger partial charge on any atom is -0.291 e. The number of rotatable bonds is 3. The fourth-order valence-electron chi connectivity index (χ4n) is 1.01. The zero-order valence-corrected chi connectivity index (χ0v) is 7.78. The van der Waals surface area contributed by atoms with Gasteiger partial charge in [0.05, 0.1) is 11.6 Å². The van der Waals surface area contributed by atoms with Crippen LogP contribution >= 0.6 is 0 Å². The molecule has 0 saturated carbocycles. The summed E-state index contributed by atoms with van der Waals surface area (Å²) >= 11 is 0. The van der Waals surface area contributed by atoms with Crippen LogP contribution in [0.4, 0.5) is 0 Å². The van der Waals surface area contributed by atoms with Gasteiger partial charge in [-0.15, -0.1) is 0 Å². The highest BCUT2D eigenvalue weighted by molar-refractivity contribution is 6.36. The lowest BCUT2D eigenvalue weighted by Crippen LogP contribution is -2.12. The summed E-state index contributed by atoms with van der Waals surface area (Å²) in [6.45, 7) is 1.26. The van der Waals surface area contributed by atoms with Gasteiger partial charge in [0.2, 0.25) is 5.78 Å². The van der Waals surface area contributed by atoms with Gasteiger partial charge in [-0.25, -0.2) is 0 Å². The molecule has 1 aromatic rings. The van der Waals surface area contributed by atoms with Crippen LogP contribution in [0.25, 0.3) is 0 Å². The summed E-state index contributed by atoms with van der Waals surface area (Å²) in [5, 5.41) is 8.53. The molecule has 0 amide bonds.